The monoisotopic (exact) mass is 476 g/mol. The third-order valence-electron chi connectivity index (χ3n) is 5.25. The maximum absolute atomic E-state index is 13.1. The first kappa shape index (κ1) is 23.2. The van der Waals surface area contributed by atoms with Gasteiger partial charge in [0.2, 0.25) is 0 Å². The van der Waals surface area contributed by atoms with Crippen molar-refractivity contribution in [2.75, 3.05) is 4.90 Å². The number of aliphatic hydroxyl groups excluding tert-OH is 1. The predicted octanol–water partition coefficient (Wildman–Crippen LogP) is 4.93. The molecule has 1 saturated heterocycles. The third kappa shape index (κ3) is 4.43. The standard InChI is InChI=1S/C26H21ClN2O5/c1-15(2)34-26(33)17-8-12-19(13-9-17)29-22(20-5-3-4-14-28-20)21(24(31)25(29)32)23(30)16-6-10-18(27)11-7-16/h3-15,22,30H,1-2H3/b23-21+. The first-order chi connectivity index (χ1) is 16.3. The predicted molar refractivity (Wildman–Crippen MR) is 127 cm³/mol. The van der Waals surface area contributed by atoms with E-state index in [4.69, 9.17) is 16.3 Å². The zero-order valence-electron chi connectivity index (χ0n) is 18.4. The normalized spacial score (nSPS) is 17.3. The lowest BCUT2D eigenvalue weighted by molar-refractivity contribution is -0.132. The quantitative estimate of drug-likeness (QED) is 0.243. The average molecular weight is 477 g/mol. The van der Waals surface area contributed by atoms with Crippen molar-refractivity contribution >= 4 is 40.7 Å². The Bertz CT molecular complexity index is 1270. The summed E-state index contributed by atoms with van der Waals surface area (Å²) in [7, 11) is 0. The molecular weight excluding hydrogens is 456 g/mol. The highest BCUT2D eigenvalue weighted by Crippen LogP contribution is 2.41. The van der Waals surface area contributed by atoms with Crippen LogP contribution in [0.5, 0.6) is 0 Å². The van der Waals surface area contributed by atoms with E-state index >= 15 is 0 Å². The van der Waals surface area contributed by atoms with Gasteiger partial charge in [-0.3, -0.25) is 19.5 Å². The van der Waals surface area contributed by atoms with Gasteiger partial charge in [0, 0.05) is 22.5 Å². The lowest BCUT2D eigenvalue weighted by Gasteiger charge is -2.24. The number of aliphatic hydroxyl groups is 1. The Morgan fingerprint density at radius 1 is 1.00 bits per heavy atom. The Balaban J connectivity index is 1.82. The summed E-state index contributed by atoms with van der Waals surface area (Å²) in [6.07, 6.45) is 1.27. The first-order valence-corrected chi connectivity index (χ1v) is 10.9. The number of anilines is 1. The van der Waals surface area contributed by atoms with Crippen molar-refractivity contribution < 1.29 is 24.2 Å². The highest BCUT2D eigenvalue weighted by atomic mass is 35.5. The highest BCUT2D eigenvalue weighted by molar-refractivity contribution is 6.51. The molecule has 1 aliphatic heterocycles. The number of aromatic nitrogens is 1. The van der Waals surface area contributed by atoms with E-state index in [1.165, 1.54) is 17.0 Å². The molecule has 2 heterocycles. The van der Waals surface area contributed by atoms with Gasteiger partial charge in [-0.1, -0.05) is 17.7 Å². The second-order valence-electron chi connectivity index (χ2n) is 7.93. The van der Waals surface area contributed by atoms with Crippen LogP contribution in [0.4, 0.5) is 5.69 Å². The van der Waals surface area contributed by atoms with Crippen LogP contribution in [0.1, 0.15) is 41.5 Å². The van der Waals surface area contributed by atoms with Crippen molar-refractivity contribution in [2.45, 2.75) is 26.0 Å². The molecule has 0 saturated carbocycles. The van der Waals surface area contributed by atoms with Crippen molar-refractivity contribution in [1.29, 1.82) is 0 Å². The topological polar surface area (TPSA) is 96.8 Å². The van der Waals surface area contributed by atoms with Gasteiger partial charge in [-0.25, -0.2) is 4.79 Å². The van der Waals surface area contributed by atoms with Gasteiger partial charge in [0.25, 0.3) is 11.7 Å². The summed E-state index contributed by atoms with van der Waals surface area (Å²) in [5, 5.41) is 11.5. The number of amides is 1. The average Bonchev–Trinajstić information content (AvgIpc) is 3.10. The minimum Gasteiger partial charge on any atom is -0.507 e. The minimum absolute atomic E-state index is 0.0886. The summed E-state index contributed by atoms with van der Waals surface area (Å²) in [5.74, 6) is -2.48. The molecule has 34 heavy (non-hydrogen) atoms. The molecule has 8 heteroatoms. The maximum atomic E-state index is 13.1. The van der Waals surface area contributed by atoms with Gasteiger partial charge in [-0.05, 0) is 74.5 Å². The lowest BCUT2D eigenvalue weighted by Crippen LogP contribution is -2.29. The van der Waals surface area contributed by atoms with Gasteiger partial charge < -0.3 is 9.84 Å². The van der Waals surface area contributed by atoms with Crippen LogP contribution < -0.4 is 4.90 Å². The number of hydrogen-bond donors (Lipinski definition) is 1. The maximum Gasteiger partial charge on any atom is 0.338 e. The Kier molecular flexibility index (Phi) is 6.47. The first-order valence-electron chi connectivity index (χ1n) is 10.6. The molecule has 1 aliphatic rings. The van der Waals surface area contributed by atoms with E-state index < -0.39 is 23.7 Å². The van der Waals surface area contributed by atoms with Crippen LogP contribution in [0.3, 0.4) is 0 Å². The molecule has 1 atom stereocenters. The molecule has 0 radical (unpaired) electrons. The molecule has 0 bridgehead atoms. The molecule has 1 unspecified atom stereocenters. The molecule has 1 fully saturated rings. The summed E-state index contributed by atoms with van der Waals surface area (Å²) >= 11 is 5.95. The second-order valence-corrected chi connectivity index (χ2v) is 8.37. The highest BCUT2D eigenvalue weighted by Gasteiger charge is 2.47. The largest absolute Gasteiger partial charge is 0.507 e. The van der Waals surface area contributed by atoms with E-state index in [2.05, 4.69) is 4.98 Å². The number of benzene rings is 2. The summed E-state index contributed by atoms with van der Waals surface area (Å²) in [5.41, 5.74) is 1.34. The zero-order valence-corrected chi connectivity index (χ0v) is 19.2. The van der Waals surface area contributed by atoms with Crippen LogP contribution in [-0.2, 0) is 14.3 Å². The Morgan fingerprint density at radius 2 is 1.65 bits per heavy atom. The number of carbonyl (C=O) groups excluding carboxylic acids is 3. The number of Topliss-reactive ketones (excluding diaryl/α,β-unsaturated/α-hetero) is 1. The molecule has 172 valence electrons. The SMILES string of the molecule is CC(C)OC(=O)c1ccc(N2C(=O)C(=O)/C(=C(/O)c3ccc(Cl)cc3)C2c2ccccn2)cc1. The molecule has 4 rings (SSSR count). The van der Waals surface area contributed by atoms with E-state index in [1.54, 1.807) is 74.6 Å². The molecule has 1 N–H and O–H groups in total. The molecule has 0 aliphatic carbocycles. The van der Waals surface area contributed by atoms with E-state index in [1.807, 2.05) is 0 Å². The van der Waals surface area contributed by atoms with Gasteiger partial charge in [0.15, 0.2) is 0 Å². The number of halogens is 1. The van der Waals surface area contributed by atoms with Gasteiger partial charge >= 0.3 is 5.97 Å². The summed E-state index contributed by atoms with van der Waals surface area (Å²) in [6, 6.07) is 16.6. The number of pyridine rings is 1. The van der Waals surface area contributed by atoms with E-state index in [9.17, 15) is 19.5 Å². The zero-order chi connectivity index (χ0) is 24.4. The van der Waals surface area contributed by atoms with Gasteiger partial charge in [0.05, 0.1) is 22.9 Å². The van der Waals surface area contributed by atoms with Gasteiger partial charge in [0.1, 0.15) is 11.8 Å². The van der Waals surface area contributed by atoms with Crippen molar-refractivity contribution in [3.63, 3.8) is 0 Å². The Morgan fingerprint density at radius 3 is 2.24 bits per heavy atom. The molecule has 2 aromatic carbocycles. The molecule has 1 aromatic heterocycles. The van der Waals surface area contributed by atoms with E-state index in [-0.39, 0.29) is 17.4 Å². The molecule has 1 amide bonds. The fourth-order valence-corrected chi connectivity index (χ4v) is 3.85. The van der Waals surface area contributed by atoms with Crippen molar-refractivity contribution in [2.24, 2.45) is 0 Å². The summed E-state index contributed by atoms with van der Waals surface area (Å²) in [4.78, 5) is 44.1. The number of ether oxygens (including phenoxy) is 1. The van der Waals surface area contributed by atoms with Crippen LogP contribution >= 0.6 is 11.6 Å². The van der Waals surface area contributed by atoms with Crippen molar-refractivity contribution in [3.8, 4) is 0 Å². The molecule has 7 nitrogen and oxygen atoms in total. The fraction of sp³-hybridized carbons (Fsp3) is 0.154. The molecule has 0 spiro atoms. The number of carbonyl (C=O) groups is 3. The number of ketones is 1. The lowest BCUT2D eigenvalue weighted by atomic mass is 9.98. The number of nitrogens with zero attached hydrogens (tertiary/aromatic N) is 2. The smallest absolute Gasteiger partial charge is 0.338 e. The minimum atomic E-state index is -0.967. The summed E-state index contributed by atoms with van der Waals surface area (Å²) < 4.78 is 5.20. The van der Waals surface area contributed by atoms with Crippen molar-refractivity contribution in [1.82, 2.24) is 4.98 Å². The van der Waals surface area contributed by atoms with Crippen LogP contribution in [0, 0.1) is 0 Å². The van der Waals surface area contributed by atoms with Crippen LogP contribution in [-0.4, -0.2) is 33.9 Å². The number of esters is 1. The van der Waals surface area contributed by atoms with Crippen LogP contribution in [0.15, 0.2) is 78.5 Å². The van der Waals surface area contributed by atoms with Crippen LogP contribution in [0.25, 0.3) is 5.76 Å². The fourth-order valence-electron chi connectivity index (χ4n) is 3.72. The van der Waals surface area contributed by atoms with E-state index in [0.717, 1.165) is 0 Å². The number of rotatable bonds is 5. The Hall–Kier alpha value is -3.97. The number of hydrogen-bond acceptors (Lipinski definition) is 6. The summed E-state index contributed by atoms with van der Waals surface area (Å²) in [6.45, 7) is 3.50. The Labute approximate surface area is 201 Å². The second kappa shape index (κ2) is 9.49. The third-order valence-corrected chi connectivity index (χ3v) is 5.51. The van der Waals surface area contributed by atoms with Crippen molar-refractivity contribution in [3.05, 3.63) is 100 Å². The van der Waals surface area contributed by atoms with Crippen LogP contribution in [0.2, 0.25) is 5.02 Å². The van der Waals surface area contributed by atoms with E-state index in [0.29, 0.717) is 27.5 Å². The van der Waals surface area contributed by atoms with Gasteiger partial charge in [-0.2, -0.15) is 0 Å². The molecular formula is C26H21ClN2O5. The van der Waals surface area contributed by atoms with Gasteiger partial charge in [-0.15, -0.1) is 0 Å². The molecule has 3 aromatic rings.